The third-order valence-electron chi connectivity index (χ3n) is 3.80. The summed E-state index contributed by atoms with van der Waals surface area (Å²) in [5.74, 6) is -1.39. The first kappa shape index (κ1) is 17.7. The van der Waals surface area contributed by atoms with Crippen molar-refractivity contribution in [1.82, 2.24) is 9.55 Å². The highest BCUT2D eigenvalue weighted by Crippen LogP contribution is 2.26. The van der Waals surface area contributed by atoms with Crippen LogP contribution in [0.4, 0.5) is 5.69 Å². The van der Waals surface area contributed by atoms with E-state index in [1.807, 2.05) is 30.3 Å². The van der Waals surface area contributed by atoms with Crippen LogP contribution in [0, 0.1) is 0 Å². The largest absolute Gasteiger partial charge is 0.478 e. The van der Waals surface area contributed by atoms with Crippen LogP contribution in [0.15, 0.2) is 67.3 Å². The monoisotopic (exact) mass is 371 g/mol. The zero-order chi connectivity index (χ0) is 18.6. The number of sulfonamides is 1. The topological polar surface area (TPSA) is 101 Å². The number of anilines is 1. The number of aromatic carboxylic acids is 1. The number of hydrogen-bond acceptors (Lipinski definition) is 4. The molecule has 2 aromatic carbocycles. The van der Waals surface area contributed by atoms with Gasteiger partial charge in [-0.15, -0.1) is 0 Å². The molecule has 7 nitrogen and oxygen atoms in total. The van der Waals surface area contributed by atoms with Gasteiger partial charge in [-0.05, 0) is 23.3 Å². The first-order valence-corrected chi connectivity index (χ1v) is 9.49. The Hall–Kier alpha value is -3.13. The maximum absolute atomic E-state index is 12.4. The van der Waals surface area contributed by atoms with E-state index in [1.165, 1.54) is 18.5 Å². The number of carbonyl (C=O) groups is 1. The normalized spacial score (nSPS) is 11.2. The van der Waals surface area contributed by atoms with Gasteiger partial charge in [-0.1, -0.05) is 36.4 Å². The summed E-state index contributed by atoms with van der Waals surface area (Å²) in [5.41, 5.74) is 1.53. The molecule has 0 aliphatic rings. The van der Waals surface area contributed by atoms with Crippen LogP contribution in [0.1, 0.15) is 10.4 Å². The summed E-state index contributed by atoms with van der Waals surface area (Å²) in [7, 11) is -3.73. The van der Waals surface area contributed by atoms with Crippen LogP contribution in [0.3, 0.4) is 0 Å². The Bertz CT molecular complexity index is 1000. The Morgan fingerprint density at radius 1 is 1.12 bits per heavy atom. The van der Waals surface area contributed by atoms with Crippen LogP contribution in [0.25, 0.3) is 11.1 Å². The number of carboxylic acids is 1. The van der Waals surface area contributed by atoms with Crippen LogP contribution in [0.5, 0.6) is 0 Å². The second kappa shape index (κ2) is 7.40. The quantitative estimate of drug-likeness (QED) is 0.665. The molecule has 0 radical (unpaired) electrons. The summed E-state index contributed by atoms with van der Waals surface area (Å²) in [6, 6.07) is 13.9. The van der Waals surface area contributed by atoms with Crippen molar-refractivity contribution in [3.05, 3.63) is 72.8 Å². The minimum atomic E-state index is -3.73. The molecule has 2 N–H and O–H groups in total. The molecule has 0 aliphatic heterocycles. The van der Waals surface area contributed by atoms with E-state index in [2.05, 4.69) is 9.71 Å². The maximum Gasteiger partial charge on any atom is 0.337 e. The van der Waals surface area contributed by atoms with Gasteiger partial charge >= 0.3 is 5.97 Å². The fourth-order valence-electron chi connectivity index (χ4n) is 2.49. The summed E-state index contributed by atoms with van der Waals surface area (Å²) in [5, 5.41) is 9.36. The molecule has 0 bridgehead atoms. The van der Waals surface area contributed by atoms with Crippen LogP contribution >= 0.6 is 0 Å². The van der Waals surface area contributed by atoms with Gasteiger partial charge in [0, 0.05) is 18.9 Å². The van der Waals surface area contributed by atoms with Crippen LogP contribution < -0.4 is 4.72 Å². The van der Waals surface area contributed by atoms with Gasteiger partial charge in [0.15, 0.2) is 0 Å². The molecular formula is C18H17N3O4S. The van der Waals surface area contributed by atoms with E-state index >= 15 is 0 Å². The Kier molecular flexibility index (Phi) is 5.04. The Labute approximate surface area is 151 Å². The van der Waals surface area contributed by atoms with E-state index in [0.717, 1.165) is 11.1 Å². The lowest BCUT2D eigenvalue weighted by Gasteiger charge is -2.13. The van der Waals surface area contributed by atoms with E-state index < -0.39 is 16.0 Å². The van der Waals surface area contributed by atoms with Gasteiger partial charge in [-0.2, -0.15) is 0 Å². The molecule has 0 aliphatic carbocycles. The molecule has 8 heteroatoms. The van der Waals surface area contributed by atoms with Crippen molar-refractivity contribution in [1.29, 1.82) is 0 Å². The van der Waals surface area contributed by atoms with Crippen molar-refractivity contribution < 1.29 is 18.3 Å². The first-order chi connectivity index (χ1) is 12.4. The van der Waals surface area contributed by atoms with Gasteiger partial charge in [0.05, 0.1) is 23.3 Å². The maximum atomic E-state index is 12.4. The summed E-state index contributed by atoms with van der Waals surface area (Å²) >= 11 is 0. The lowest BCUT2D eigenvalue weighted by atomic mass is 10.0. The van der Waals surface area contributed by atoms with E-state index in [1.54, 1.807) is 23.0 Å². The van der Waals surface area contributed by atoms with Crippen molar-refractivity contribution >= 4 is 21.7 Å². The average molecular weight is 371 g/mol. The number of imidazole rings is 1. The number of benzene rings is 2. The molecule has 0 unspecified atom stereocenters. The van der Waals surface area contributed by atoms with Gasteiger partial charge in [0.1, 0.15) is 0 Å². The van der Waals surface area contributed by atoms with E-state index in [4.69, 9.17) is 0 Å². The minimum absolute atomic E-state index is 0.0458. The van der Waals surface area contributed by atoms with Crippen LogP contribution in [0.2, 0.25) is 0 Å². The van der Waals surface area contributed by atoms with Crippen molar-refractivity contribution in [3.8, 4) is 11.1 Å². The molecule has 134 valence electrons. The highest BCUT2D eigenvalue weighted by molar-refractivity contribution is 7.92. The molecule has 0 saturated heterocycles. The molecule has 1 aromatic heterocycles. The standard InChI is InChI=1S/C18H17N3O4S/c22-18(23)16-7-6-15(14-4-2-1-3-5-14)12-17(16)20-26(24,25)11-10-21-9-8-19-13-21/h1-9,12-13,20H,10-11H2,(H,22,23). The lowest BCUT2D eigenvalue weighted by molar-refractivity contribution is 0.0698. The number of nitrogens with zero attached hydrogens (tertiary/aromatic N) is 2. The molecule has 26 heavy (non-hydrogen) atoms. The summed E-state index contributed by atoms with van der Waals surface area (Å²) in [6.07, 6.45) is 4.74. The van der Waals surface area contributed by atoms with Crippen LogP contribution in [-0.2, 0) is 16.6 Å². The van der Waals surface area contributed by atoms with Crippen molar-refractivity contribution in [2.45, 2.75) is 6.54 Å². The predicted octanol–water partition coefficient (Wildman–Crippen LogP) is 2.69. The number of nitrogens with one attached hydrogen (secondary N) is 1. The molecule has 0 spiro atoms. The second-order valence-corrected chi connectivity index (χ2v) is 7.49. The summed E-state index contributed by atoms with van der Waals surface area (Å²) < 4.78 is 28.8. The summed E-state index contributed by atoms with van der Waals surface area (Å²) in [6.45, 7) is 0.218. The number of carboxylic acid groups (broad SMARTS) is 1. The Morgan fingerprint density at radius 2 is 1.88 bits per heavy atom. The minimum Gasteiger partial charge on any atom is -0.478 e. The van der Waals surface area contributed by atoms with Crippen LogP contribution in [-0.4, -0.2) is 34.8 Å². The smallest absolute Gasteiger partial charge is 0.337 e. The second-order valence-electron chi connectivity index (χ2n) is 5.65. The number of aryl methyl sites for hydroxylation is 1. The van der Waals surface area contributed by atoms with E-state index in [-0.39, 0.29) is 23.5 Å². The molecule has 3 aromatic rings. The number of aromatic nitrogens is 2. The number of rotatable bonds is 7. The molecule has 0 fully saturated rings. The number of hydrogen-bond donors (Lipinski definition) is 2. The third-order valence-corrected chi connectivity index (χ3v) is 5.05. The van der Waals surface area contributed by atoms with Gasteiger partial charge in [-0.25, -0.2) is 18.2 Å². The summed E-state index contributed by atoms with van der Waals surface area (Å²) in [4.78, 5) is 15.3. The molecule has 0 amide bonds. The Balaban J connectivity index is 1.88. The van der Waals surface area contributed by atoms with Crippen molar-refractivity contribution in [3.63, 3.8) is 0 Å². The van der Waals surface area contributed by atoms with E-state index in [9.17, 15) is 18.3 Å². The van der Waals surface area contributed by atoms with E-state index in [0.29, 0.717) is 0 Å². The predicted molar refractivity (Wildman–Crippen MR) is 98.5 cm³/mol. The highest BCUT2D eigenvalue weighted by Gasteiger charge is 2.17. The fraction of sp³-hybridized carbons (Fsp3) is 0.111. The SMILES string of the molecule is O=C(O)c1ccc(-c2ccccc2)cc1NS(=O)(=O)CCn1ccnc1. The van der Waals surface area contributed by atoms with Crippen molar-refractivity contribution in [2.24, 2.45) is 0 Å². The molecular weight excluding hydrogens is 354 g/mol. The zero-order valence-corrected chi connectivity index (χ0v) is 14.6. The molecule has 0 saturated carbocycles. The Morgan fingerprint density at radius 3 is 2.54 bits per heavy atom. The lowest BCUT2D eigenvalue weighted by Crippen LogP contribution is -2.21. The van der Waals surface area contributed by atoms with Crippen molar-refractivity contribution in [2.75, 3.05) is 10.5 Å². The average Bonchev–Trinajstić information content (AvgIpc) is 3.14. The third kappa shape index (κ3) is 4.28. The fourth-order valence-corrected chi connectivity index (χ4v) is 3.55. The molecule has 3 rings (SSSR count). The molecule has 0 atom stereocenters. The van der Waals surface area contributed by atoms with Gasteiger partial charge in [0.2, 0.25) is 10.0 Å². The zero-order valence-electron chi connectivity index (χ0n) is 13.7. The van der Waals surface area contributed by atoms with Gasteiger partial charge in [-0.3, -0.25) is 4.72 Å². The van der Waals surface area contributed by atoms with Gasteiger partial charge < -0.3 is 9.67 Å². The first-order valence-electron chi connectivity index (χ1n) is 7.83. The highest BCUT2D eigenvalue weighted by atomic mass is 32.2. The molecule has 1 heterocycles. The van der Waals surface area contributed by atoms with Gasteiger partial charge in [0.25, 0.3) is 0 Å².